The third kappa shape index (κ3) is 3.95. The lowest BCUT2D eigenvalue weighted by Crippen LogP contribution is -2.70. The molecule has 10 heteroatoms. The van der Waals surface area contributed by atoms with Gasteiger partial charge in [-0.25, -0.2) is 9.78 Å². The normalized spacial score (nSPS) is 40.5. The molecular formula is C28H36N2O8. The van der Waals surface area contributed by atoms with Gasteiger partial charge in [0.05, 0.1) is 5.69 Å². The number of rotatable bonds is 6. The summed E-state index contributed by atoms with van der Waals surface area (Å²) in [6, 6.07) is 7.42. The molecule has 1 aliphatic carbocycles. The molecule has 1 amide bonds. The minimum Gasteiger partial charge on any atom is -0.435 e. The van der Waals surface area contributed by atoms with Gasteiger partial charge in [0.25, 0.3) is 5.91 Å². The fraction of sp³-hybridized carbons (Fsp3) is 0.679. The minimum absolute atomic E-state index is 0.0834. The van der Waals surface area contributed by atoms with Crippen molar-refractivity contribution in [2.24, 2.45) is 28.8 Å². The second kappa shape index (κ2) is 9.59. The summed E-state index contributed by atoms with van der Waals surface area (Å²) in [6.07, 6.45) is 2.86. The summed E-state index contributed by atoms with van der Waals surface area (Å²) in [6.45, 7) is 6.55. The SMILES string of the molecule is CON=C1C(=O)N(CCCC(=O)OC2O[C@@H]3O[C@@]4(C)CC[C@H]5[C@H](C)CC[C@@H]([C@H]2C)[C@@]35OO4)c2ccccc21. The molecule has 206 valence electrons. The van der Waals surface area contributed by atoms with E-state index in [1.54, 1.807) is 4.90 Å². The number of oxime groups is 1. The molecule has 38 heavy (non-hydrogen) atoms. The van der Waals surface area contributed by atoms with Gasteiger partial charge in [-0.1, -0.05) is 37.2 Å². The molecule has 1 spiro atoms. The van der Waals surface area contributed by atoms with Crippen LogP contribution >= 0.6 is 0 Å². The average Bonchev–Trinajstić information content (AvgIpc) is 3.00. The Morgan fingerprint density at radius 1 is 1.16 bits per heavy atom. The van der Waals surface area contributed by atoms with Crippen LogP contribution in [0.15, 0.2) is 29.4 Å². The van der Waals surface area contributed by atoms with E-state index in [0.29, 0.717) is 18.9 Å². The number of hydrogen-bond donors (Lipinski definition) is 0. The predicted molar refractivity (Wildman–Crippen MR) is 134 cm³/mol. The molecule has 0 N–H and O–H groups in total. The maximum absolute atomic E-state index is 13.0. The number of carbonyl (C=O) groups is 2. The average molecular weight is 529 g/mol. The number of fused-ring (bicyclic) bond motifs is 3. The molecule has 2 bridgehead atoms. The van der Waals surface area contributed by atoms with Crippen molar-refractivity contribution in [2.45, 2.75) is 83.3 Å². The highest BCUT2D eigenvalue weighted by molar-refractivity contribution is 6.54. The van der Waals surface area contributed by atoms with E-state index in [1.165, 1.54) is 7.11 Å². The molecule has 10 nitrogen and oxygen atoms in total. The second-order valence-electron chi connectivity index (χ2n) is 11.5. The van der Waals surface area contributed by atoms with Gasteiger partial charge in [-0.2, -0.15) is 0 Å². The van der Waals surface area contributed by atoms with Gasteiger partial charge >= 0.3 is 5.97 Å². The van der Waals surface area contributed by atoms with Gasteiger partial charge in [-0.3, -0.25) is 9.59 Å². The van der Waals surface area contributed by atoms with Crippen molar-refractivity contribution in [1.82, 2.24) is 0 Å². The highest BCUT2D eigenvalue weighted by Crippen LogP contribution is 2.60. The molecule has 1 unspecified atom stereocenters. The van der Waals surface area contributed by atoms with Crippen LogP contribution in [0.5, 0.6) is 0 Å². The van der Waals surface area contributed by atoms with Crippen LogP contribution in [0.2, 0.25) is 0 Å². The smallest absolute Gasteiger partial charge is 0.308 e. The van der Waals surface area contributed by atoms with Crippen molar-refractivity contribution >= 4 is 23.3 Å². The van der Waals surface area contributed by atoms with E-state index in [1.807, 2.05) is 31.2 Å². The molecule has 8 atom stereocenters. The van der Waals surface area contributed by atoms with Gasteiger partial charge in [0, 0.05) is 36.8 Å². The lowest BCUT2D eigenvalue weighted by molar-refractivity contribution is -0.576. The number of para-hydroxylation sites is 1. The Balaban J connectivity index is 1.11. The Hall–Kier alpha value is -2.53. The lowest BCUT2D eigenvalue weighted by Gasteiger charge is -2.59. The maximum Gasteiger partial charge on any atom is 0.308 e. The molecule has 5 fully saturated rings. The van der Waals surface area contributed by atoms with E-state index < -0.39 is 24.0 Å². The number of esters is 1. The second-order valence-corrected chi connectivity index (χ2v) is 11.5. The standard InChI is InChI=1S/C28H36N2O8/c1-16-11-12-20-17(2)25(35-26-28(20)19(16)13-14-27(3,36-26)37-38-28)34-22(31)10-7-15-30-21-9-6-5-8-18(21)23(24(30)32)29-33-4/h5-6,8-9,16-17,19-20,25-26H,7,10-15H2,1-4H3/t16-,17-,19+,20+,25?,26-,27-,28-/m1/s1. The number of hydrogen-bond acceptors (Lipinski definition) is 9. The zero-order valence-electron chi connectivity index (χ0n) is 22.4. The Morgan fingerprint density at radius 3 is 2.79 bits per heavy atom. The van der Waals surface area contributed by atoms with E-state index in [4.69, 9.17) is 28.8 Å². The molecule has 4 saturated heterocycles. The monoisotopic (exact) mass is 528 g/mol. The van der Waals surface area contributed by atoms with Gasteiger partial charge in [-0.15, -0.1) is 0 Å². The topological polar surface area (TPSA) is 105 Å². The zero-order valence-corrected chi connectivity index (χ0v) is 22.4. The molecule has 6 aliphatic rings. The highest BCUT2D eigenvalue weighted by Gasteiger charge is 2.69. The summed E-state index contributed by atoms with van der Waals surface area (Å²) in [5.41, 5.74) is 1.05. The Labute approximate surface area is 222 Å². The Morgan fingerprint density at radius 2 is 1.97 bits per heavy atom. The van der Waals surface area contributed by atoms with E-state index in [9.17, 15) is 9.59 Å². The van der Waals surface area contributed by atoms with Crippen molar-refractivity contribution in [3.05, 3.63) is 29.8 Å². The number of ether oxygens (including phenoxy) is 3. The molecule has 5 heterocycles. The number of carbonyl (C=O) groups excluding carboxylic acids is 2. The molecule has 1 aromatic carbocycles. The van der Waals surface area contributed by atoms with Crippen LogP contribution in [0.4, 0.5) is 5.69 Å². The first-order chi connectivity index (χ1) is 18.3. The first kappa shape index (κ1) is 25.7. The van der Waals surface area contributed by atoms with Crippen molar-refractivity contribution < 1.29 is 38.4 Å². The summed E-state index contributed by atoms with van der Waals surface area (Å²) in [5.74, 6) is -0.776. The summed E-state index contributed by atoms with van der Waals surface area (Å²) in [4.78, 5) is 44.3. The third-order valence-electron chi connectivity index (χ3n) is 9.19. The Kier molecular flexibility index (Phi) is 6.49. The molecular weight excluding hydrogens is 492 g/mol. The quantitative estimate of drug-likeness (QED) is 0.311. The first-order valence-electron chi connectivity index (χ1n) is 13.7. The molecule has 1 saturated carbocycles. The third-order valence-corrected chi connectivity index (χ3v) is 9.19. The zero-order chi connectivity index (χ0) is 26.7. The summed E-state index contributed by atoms with van der Waals surface area (Å²) < 4.78 is 18.6. The van der Waals surface area contributed by atoms with E-state index in [0.717, 1.165) is 36.9 Å². The largest absolute Gasteiger partial charge is 0.435 e. The van der Waals surface area contributed by atoms with Crippen LogP contribution < -0.4 is 4.90 Å². The van der Waals surface area contributed by atoms with E-state index in [2.05, 4.69) is 19.0 Å². The van der Waals surface area contributed by atoms with Gasteiger partial charge in [0.1, 0.15) is 7.11 Å². The van der Waals surface area contributed by atoms with Crippen LogP contribution in [0.1, 0.15) is 64.9 Å². The molecule has 5 aliphatic heterocycles. The lowest BCUT2D eigenvalue weighted by atomic mass is 9.58. The predicted octanol–water partition coefficient (Wildman–Crippen LogP) is 3.92. The Bertz CT molecular complexity index is 1140. The van der Waals surface area contributed by atoms with E-state index in [-0.39, 0.29) is 41.8 Å². The highest BCUT2D eigenvalue weighted by atomic mass is 17.3. The summed E-state index contributed by atoms with van der Waals surface area (Å²) >= 11 is 0. The van der Waals surface area contributed by atoms with Gasteiger partial charge in [-0.05, 0) is 50.5 Å². The van der Waals surface area contributed by atoms with Crippen LogP contribution in [-0.2, 0) is 38.4 Å². The van der Waals surface area contributed by atoms with E-state index >= 15 is 0 Å². The van der Waals surface area contributed by atoms with Crippen LogP contribution in [0.3, 0.4) is 0 Å². The fourth-order valence-corrected chi connectivity index (χ4v) is 7.24. The molecule has 0 aromatic heterocycles. The molecule has 7 rings (SSSR count). The number of anilines is 1. The molecule has 0 radical (unpaired) electrons. The maximum atomic E-state index is 13.0. The first-order valence-corrected chi connectivity index (χ1v) is 13.7. The number of nitrogens with zero attached hydrogens (tertiary/aromatic N) is 2. The van der Waals surface area contributed by atoms with Crippen molar-refractivity contribution in [2.75, 3.05) is 18.6 Å². The summed E-state index contributed by atoms with van der Waals surface area (Å²) in [7, 11) is 1.41. The van der Waals surface area contributed by atoms with Crippen LogP contribution in [-0.4, -0.2) is 55.2 Å². The fourth-order valence-electron chi connectivity index (χ4n) is 7.24. The van der Waals surface area contributed by atoms with Crippen LogP contribution in [0, 0.1) is 23.7 Å². The van der Waals surface area contributed by atoms with Gasteiger partial charge < -0.3 is 23.9 Å². The van der Waals surface area contributed by atoms with Crippen molar-refractivity contribution in [3.63, 3.8) is 0 Å². The van der Waals surface area contributed by atoms with Gasteiger partial charge in [0.2, 0.25) is 12.1 Å². The number of amides is 1. The van der Waals surface area contributed by atoms with Crippen molar-refractivity contribution in [1.29, 1.82) is 0 Å². The van der Waals surface area contributed by atoms with Gasteiger partial charge in [0.15, 0.2) is 17.6 Å². The minimum atomic E-state index is -0.879. The molecule has 1 aromatic rings. The summed E-state index contributed by atoms with van der Waals surface area (Å²) in [5, 5.41) is 3.90. The van der Waals surface area contributed by atoms with Crippen LogP contribution in [0.25, 0.3) is 0 Å². The number of benzene rings is 1. The van der Waals surface area contributed by atoms with Crippen molar-refractivity contribution in [3.8, 4) is 0 Å².